The van der Waals surface area contributed by atoms with Crippen LogP contribution in [0.15, 0.2) is 54.6 Å². The second kappa shape index (κ2) is 9.86. The zero-order valence-electron chi connectivity index (χ0n) is 20.6. The van der Waals surface area contributed by atoms with Gasteiger partial charge < -0.3 is 14.4 Å². The molecule has 0 radical (unpaired) electrons. The SMILES string of the molecule is Cc1c(C(=O)N2CCN(C(=O)CC(C)(C)C)CC2)cc(-c2ccc(Cl)cc2)n1-c1cccc(F)c1. The van der Waals surface area contributed by atoms with E-state index >= 15 is 0 Å². The average molecular weight is 496 g/mol. The standard InChI is InChI=1S/C28H31ClFN3O2/c1-19-24(27(35)32-14-12-31(13-15-32)26(34)18-28(2,3)4)17-25(20-8-10-21(29)11-9-20)33(19)23-7-5-6-22(30)16-23/h5-11,16-17H,12-15,18H2,1-4H3. The largest absolute Gasteiger partial charge is 0.339 e. The molecule has 5 nitrogen and oxygen atoms in total. The van der Waals surface area contributed by atoms with Crippen LogP contribution in [-0.4, -0.2) is 52.4 Å². The first-order valence-electron chi connectivity index (χ1n) is 11.8. The second-order valence-electron chi connectivity index (χ2n) is 10.3. The van der Waals surface area contributed by atoms with E-state index in [-0.39, 0.29) is 23.0 Å². The van der Waals surface area contributed by atoms with Crippen molar-refractivity contribution in [2.75, 3.05) is 26.2 Å². The fraction of sp³-hybridized carbons (Fsp3) is 0.357. The second-order valence-corrected chi connectivity index (χ2v) is 10.7. The molecule has 1 saturated heterocycles. The molecular weight excluding hydrogens is 465 g/mol. The fourth-order valence-electron chi connectivity index (χ4n) is 4.50. The summed E-state index contributed by atoms with van der Waals surface area (Å²) in [6.45, 7) is 10.0. The lowest BCUT2D eigenvalue weighted by molar-refractivity contribution is -0.134. The van der Waals surface area contributed by atoms with Gasteiger partial charge in [-0.3, -0.25) is 9.59 Å². The third-order valence-corrected chi connectivity index (χ3v) is 6.54. The van der Waals surface area contributed by atoms with Gasteiger partial charge in [-0.1, -0.05) is 50.6 Å². The Balaban J connectivity index is 1.63. The molecule has 2 amide bonds. The minimum Gasteiger partial charge on any atom is -0.339 e. The minimum atomic E-state index is -0.346. The maximum atomic E-state index is 14.1. The number of amides is 2. The van der Waals surface area contributed by atoms with Crippen LogP contribution in [0.1, 0.15) is 43.2 Å². The van der Waals surface area contributed by atoms with Crippen molar-refractivity contribution in [1.82, 2.24) is 14.4 Å². The summed E-state index contributed by atoms with van der Waals surface area (Å²) in [5, 5.41) is 0.615. The maximum absolute atomic E-state index is 14.1. The van der Waals surface area contributed by atoms with Crippen LogP contribution in [0.2, 0.25) is 5.02 Å². The van der Waals surface area contributed by atoms with Crippen molar-refractivity contribution in [3.63, 3.8) is 0 Å². The Bertz CT molecular complexity index is 1240. The molecule has 35 heavy (non-hydrogen) atoms. The molecule has 1 fully saturated rings. The van der Waals surface area contributed by atoms with Crippen molar-refractivity contribution < 1.29 is 14.0 Å². The minimum absolute atomic E-state index is 0.0704. The van der Waals surface area contributed by atoms with E-state index in [4.69, 9.17) is 11.6 Å². The quantitative estimate of drug-likeness (QED) is 0.448. The molecule has 2 aromatic carbocycles. The summed E-state index contributed by atoms with van der Waals surface area (Å²) in [6.07, 6.45) is 0.487. The molecule has 0 saturated carbocycles. The summed E-state index contributed by atoms with van der Waals surface area (Å²) in [5.41, 5.74) is 3.53. The van der Waals surface area contributed by atoms with E-state index in [2.05, 4.69) is 20.8 Å². The molecule has 4 rings (SSSR count). The van der Waals surface area contributed by atoms with Gasteiger partial charge in [0, 0.05) is 49.0 Å². The number of hydrogen-bond donors (Lipinski definition) is 0. The van der Waals surface area contributed by atoms with E-state index < -0.39 is 0 Å². The van der Waals surface area contributed by atoms with Crippen molar-refractivity contribution >= 4 is 23.4 Å². The van der Waals surface area contributed by atoms with Crippen molar-refractivity contribution in [2.45, 2.75) is 34.1 Å². The van der Waals surface area contributed by atoms with Crippen LogP contribution in [0.25, 0.3) is 16.9 Å². The van der Waals surface area contributed by atoms with Crippen LogP contribution in [0.3, 0.4) is 0 Å². The van der Waals surface area contributed by atoms with E-state index in [1.165, 1.54) is 12.1 Å². The first kappa shape index (κ1) is 25.0. The normalized spacial score (nSPS) is 14.3. The molecule has 1 aliphatic heterocycles. The highest BCUT2D eigenvalue weighted by molar-refractivity contribution is 6.30. The molecule has 0 bridgehead atoms. The van der Waals surface area contributed by atoms with Gasteiger partial charge >= 0.3 is 0 Å². The number of benzene rings is 2. The van der Waals surface area contributed by atoms with Crippen LogP contribution in [-0.2, 0) is 4.79 Å². The number of nitrogens with zero attached hydrogens (tertiary/aromatic N) is 3. The van der Waals surface area contributed by atoms with Crippen LogP contribution < -0.4 is 0 Å². The Hall–Kier alpha value is -3.12. The van der Waals surface area contributed by atoms with Gasteiger partial charge in [-0.15, -0.1) is 0 Å². The van der Waals surface area contributed by atoms with Crippen LogP contribution in [0, 0.1) is 18.2 Å². The van der Waals surface area contributed by atoms with Gasteiger partial charge in [-0.2, -0.15) is 0 Å². The lowest BCUT2D eigenvalue weighted by atomic mass is 9.91. The average Bonchev–Trinajstić information content (AvgIpc) is 3.15. The Labute approximate surface area is 211 Å². The van der Waals surface area contributed by atoms with Crippen molar-refractivity contribution in [3.8, 4) is 16.9 Å². The summed E-state index contributed by atoms with van der Waals surface area (Å²) in [4.78, 5) is 29.8. The van der Waals surface area contributed by atoms with Crippen molar-refractivity contribution in [2.24, 2.45) is 5.41 Å². The number of piperazine rings is 1. The molecule has 7 heteroatoms. The maximum Gasteiger partial charge on any atom is 0.255 e. The number of hydrogen-bond acceptors (Lipinski definition) is 2. The van der Waals surface area contributed by atoms with Crippen LogP contribution in [0.5, 0.6) is 0 Å². The zero-order chi connectivity index (χ0) is 25.3. The first-order chi connectivity index (χ1) is 16.5. The molecule has 1 aliphatic rings. The van der Waals surface area contributed by atoms with E-state index in [1.54, 1.807) is 23.1 Å². The Kier molecular flexibility index (Phi) is 7.04. The van der Waals surface area contributed by atoms with E-state index in [0.717, 1.165) is 17.0 Å². The highest BCUT2D eigenvalue weighted by atomic mass is 35.5. The van der Waals surface area contributed by atoms with E-state index in [0.29, 0.717) is 48.9 Å². The van der Waals surface area contributed by atoms with Crippen LogP contribution in [0.4, 0.5) is 4.39 Å². The fourth-order valence-corrected chi connectivity index (χ4v) is 4.63. The summed E-state index contributed by atoms with van der Waals surface area (Å²) >= 11 is 6.09. The molecule has 184 valence electrons. The predicted octanol–water partition coefficient (Wildman–Crippen LogP) is 5.97. The van der Waals surface area contributed by atoms with Gasteiger partial charge in [0.25, 0.3) is 5.91 Å². The molecule has 2 heterocycles. The Morgan fingerprint density at radius 3 is 2.17 bits per heavy atom. The van der Waals surface area contributed by atoms with Gasteiger partial charge in [0.1, 0.15) is 5.82 Å². The molecule has 0 unspecified atom stereocenters. The molecule has 1 aromatic heterocycles. The monoisotopic (exact) mass is 495 g/mol. The highest BCUT2D eigenvalue weighted by Crippen LogP contribution is 2.31. The molecule has 0 spiro atoms. The van der Waals surface area contributed by atoms with Crippen LogP contribution >= 0.6 is 11.6 Å². The number of carbonyl (C=O) groups is 2. The third-order valence-electron chi connectivity index (χ3n) is 6.29. The smallest absolute Gasteiger partial charge is 0.255 e. The number of carbonyl (C=O) groups excluding carboxylic acids is 2. The van der Waals surface area contributed by atoms with Crippen molar-refractivity contribution in [3.05, 3.63) is 76.7 Å². The number of aromatic nitrogens is 1. The summed E-state index contributed by atoms with van der Waals surface area (Å²) in [6, 6.07) is 15.6. The number of halogens is 2. The molecular formula is C28H31ClFN3O2. The van der Waals surface area contributed by atoms with Gasteiger partial charge in [0.05, 0.1) is 11.3 Å². The summed E-state index contributed by atoms with van der Waals surface area (Å²) < 4.78 is 16.0. The first-order valence-corrected chi connectivity index (χ1v) is 12.2. The van der Waals surface area contributed by atoms with Gasteiger partial charge in [-0.25, -0.2) is 4.39 Å². The van der Waals surface area contributed by atoms with E-state index in [9.17, 15) is 14.0 Å². The van der Waals surface area contributed by atoms with Crippen molar-refractivity contribution in [1.29, 1.82) is 0 Å². The van der Waals surface area contributed by atoms with Gasteiger partial charge in [0.15, 0.2) is 0 Å². The Morgan fingerprint density at radius 1 is 0.943 bits per heavy atom. The molecule has 0 N–H and O–H groups in total. The van der Waals surface area contributed by atoms with Gasteiger partial charge in [-0.05, 0) is 54.3 Å². The predicted molar refractivity (Wildman–Crippen MR) is 137 cm³/mol. The topological polar surface area (TPSA) is 45.6 Å². The molecule has 0 atom stereocenters. The lowest BCUT2D eigenvalue weighted by Gasteiger charge is -2.36. The molecule has 3 aromatic rings. The Morgan fingerprint density at radius 2 is 1.57 bits per heavy atom. The third kappa shape index (κ3) is 5.59. The van der Waals surface area contributed by atoms with E-state index in [1.807, 2.05) is 40.7 Å². The molecule has 0 aliphatic carbocycles. The zero-order valence-corrected chi connectivity index (χ0v) is 21.4. The number of rotatable bonds is 4. The highest BCUT2D eigenvalue weighted by Gasteiger charge is 2.29. The summed E-state index contributed by atoms with van der Waals surface area (Å²) in [7, 11) is 0. The summed E-state index contributed by atoms with van der Waals surface area (Å²) in [5.74, 6) is -0.305. The lowest BCUT2D eigenvalue weighted by Crippen LogP contribution is -2.51. The van der Waals surface area contributed by atoms with Gasteiger partial charge in [0.2, 0.25) is 5.91 Å².